The van der Waals surface area contributed by atoms with Crippen LogP contribution in [0, 0.1) is 0 Å². The van der Waals surface area contributed by atoms with E-state index in [2.05, 4.69) is 24.8 Å². The molecule has 0 unspecified atom stereocenters. The Bertz CT molecular complexity index is 543. The van der Waals surface area contributed by atoms with Crippen LogP contribution in [-0.4, -0.2) is 33.0 Å². The van der Waals surface area contributed by atoms with Gasteiger partial charge in [0, 0.05) is 13.1 Å². The highest BCUT2D eigenvalue weighted by molar-refractivity contribution is 6.32. The van der Waals surface area contributed by atoms with Crippen molar-refractivity contribution in [1.29, 1.82) is 0 Å². The number of anilines is 1. The van der Waals surface area contributed by atoms with Crippen LogP contribution in [0.15, 0.2) is 24.8 Å². The topological polar surface area (TPSA) is 54.8 Å². The van der Waals surface area contributed by atoms with Crippen molar-refractivity contribution in [3.8, 4) is 0 Å². The normalized spacial score (nSPS) is 13.8. The quantitative estimate of drug-likeness (QED) is 0.800. The molecule has 0 amide bonds. The summed E-state index contributed by atoms with van der Waals surface area (Å²) in [5, 5.41) is 1.11. The van der Waals surface area contributed by atoms with Crippen LogP contribution in [0.1, 0.15) is 12.8 Å². The summed E-state index contributed by atoms with van der Waals surface area (Å²) in [5.74, 6) is 0.903. The molecule has 0 N–H and O–H groups in total. The lowest BCUT2D eigenvalue weighted by Crippen LogP contribution is -2.18. The van der Waals surface area contributed by atoms with Crippen molar-refractivity contribution in [1.82, 2.24) is 19.9 Å². The van der Waals surface area contributed by atoms with Gasteiger partial charge >= 0.3 is 0 Å². The number of rotatable bonds is 1. The van der Waals surface area contributed by atoms with Gasteiger partial charge in [-0.15, -0.1) is 0 Å². The van der Waals surface area contributed by atoms with Gasteiger partial charge in [-0.25, -0.2) is 9.97 Å². The van der Waals surface area contributed by atoms with E-state index in [1.807, 2.05) is 0 Å². The molecule has 106 valence electrons. The largest absolute Gasteiger partial charge is 0.355 e. The Balaban J connectivity index is 0.000000160. The molecule has 20 heavy (non-hydrogen) atoms. The molecule has 1 saturated heterocycles. The van der Waals surface area contributed by atoms with Crippen LogP contribution in [0.4, 0.5) is 5.82 Å². The highest BCUT2D eigenvalue weighted by Crippen LogP contribution is 2.17. The highest BCUT2D eigenvalue weighted by Gasteiger charge is 2.13. The number of hydrogen-bond acceptors (Lipinski definition) is 5. The van der Waals surface area contributed by atoms with Gasteiger partial charge in [0.05, 0.1) is 24.8 Å². The second kappa shape index (κ2) is 7.57. The average Bonchev–Trinajstić information content (AvgIpc) is 2.93. The summed E-state index contributed by atoms with van der Waals surface area (Å²) in [6, 6.07) is 0. The predicted octanol–water partition coefficient (Wildman–Crippen LogP) is 3.51. The second-order valence-electron chi connectivity index (χ2n) is 4.06. The third kappa shape index (κ3) is 4.74. The molecule has 0 saturated carbocycles. The molecule has 3 heterocycles. The van der Waals surface area contributed by atoms with E-state index in [0.29, 0.717) is 15.5 Å². The molecule has 1 aliphatic rings. The molecule has 2 aromatic heterocycles. The number of halogens is 3. The van der Waals surface area contributed by atoms with E-state index < -0.39 is 0 Å². The summed E-state index contributed by atoms with van der Waals surface area (Å²) >= 11 is 16.5. The van der Waals surface area contributed by atoms with Gasteiger partial charge < -0.3 is 4.90 Å². The Labute approximate surface area is 131 Å². The molecule has 0 aliphatic carbocycles. The van der Waals surface area contributed by atoms with E-state index in [1.54, 1.807) is 12.4 Å². The fourth-order valence-corrected chi connectivity index (χ4v) is 2.23. The fraction of sp³-hybridized carbons (Fsp3) is 0.333. The van der Waals surface area contributed by atoms with E-state index >= 15 is 0 Å². The van der Waals surface area contributed by atoms with Gasteiger partial charge in [-0.05, 0) is 12.8 Å². The smallest absolute Gasteiger partial charge is 0.149 e. The van der Waals surface area contributed by atoms with Crippen LogP contribution in [0.5, 0.6) is 0 Å². The van der Waals surface area contributed by atoms with E-state index in [4.69, 9.17) is 34.8 Å². The Morgan fingerprint density at radius 3 is 1.70 bits per heavy atom. The van der Waals surface area contributed by atoms with Crippen molar-refractivity contribution in [3.63, 3.8) is 0 Å². The molecule has 0 spiro atoms. The summed E-state index contributed by atoms with van der Waals surface area (Å²) in [5.41, 5.74) is 0. The Hall–Kier alpha value is -1.17. The summed E-state index contributed by atoms with van der Waals surface area (Å²) in [7, 11) is 0. The van der Waals surface area contributed by atoms with E-state index in [0.717, 1.165) is 18.9 Å². The van der Waals surface area contributed by atoms with Gasteiger partial charge in [-0.3, -0.25) is 9.97 Å². The lowest BCUT2D eigenvalue weighted by atomic mass is 10.4. The van der Waals surface area contributed by atoms with Crippen molar-refractivity contribution in [2.24, 2.45) is 0 Å². The minimum atomic E-state index is 0.317. The molecule has 0 aromatic carbocycles. The summed E-state index contributed by atoms with van der Waals surface area (Å²) in [6.07, 6.45) is 8.65. The van der Waals surface area contributed by atoms with Crippen molar-refractivity contribution >= 4 is 40.6 Å². The summed E-state index contributed by atoms with van der Waals surface area (Å²) in [4.78, 5) is 17.7. The SMILES string of the molecule is Clc1cncc(Cl)n1.Clc1cncc(N2CCCC2)n1. The van der Waals surface area contributed by atoms with Crippen LogP contribution >= 0.6 is 34.8 Å². The lowest BCUT2D eigenvalue weighted by molar-refractivity contribution is 0.927. The van der Waals surface area contributed by atoms with Gasteiger partial charge in [0.2, 0.25) is 0 Å². The average molecular weight is 333 g/mol. The first-order chi connectivity index (χ1) is 9.65. The minimum Gasteiger partial charge on any atom is -0.355 e. The molecule has 0 bridgehead atoms. The molecule has 8 heteroatoms. The second-order valence-corrected chi connectivity index (χ2v) is 5.22. The zero-order valence-electron chi connectivity index (χ0n) is 10.5. The van der Waals surface area contributed by atoms with Gasteiger partial charge in [0.15, 0.2) is 0 Å². The van der Waals surface area contributed by atoms with E-state index in [1.165, 1.54) is 25.2 Å². The standard InChI is InChI=1S/C8H10ClN3.C4H2Cl2N2/c9-7-5-10-6-8(11-7)12-3-1-2-4-12;5-3-1-7-2-4(6)8-3/h5-6H,1-4H2;1-2H. The summed E-state index contributed by atoms with van der Waals surface area (Å²) < 4.78 is 0. The first-order valence-corrected chi connectivity index (χ1v) is 7.14. The number of aromatic nitrogens is 4. The zero-order chi connectivity index (χ0) is 14.4. The maximum absolute atomic E-state index is 5.72. The minimum absolute atomic E-state index is 0.317. The van der Waals surface area contributed by atoms with Crippen molar-refractivity contribution in [2.45, 2.75) is 12.8 Å². The van der Waals surface area contributed by atoms with Crippen molar-refractivity contribution < 1.29 is 0 Å². The third-order valence-corrected chi connectivity index (χ3v) is 3.14. The van der Waals surface area contributed by atoms with Gasteiger partial charge in [0.1, 0.15) is 21.3 Å². The molecule has 0 atom stereocenters. The van der Waals surface area contributed by atoms with E-state index in [-0.39, 0.29) is 0 Å². The van der Waals surface area contributed by atoms with Gasteiger partial charge in [-0.2, -0.15) is 0 Å². The predicted molar refractivity (Wildman–Crippen MR) is 80.5 cm³/mol. The molecular weight excluding hydrogens is 321 g/mol. The van der Waals surface area contributed by atoms with Crippen LogP contribution < -0.4 is 4.90 Å². The highest BCUT2D eigenvalue weighted by atomic mass is 35.5. The van der Waals surface area contributed by atoms with Gasteiger partial charge in [0.25, 0.3) is 0 Å². The molecular formula is C12H12Cl3N5. The van der Waals surface area contributed by atoms with E-state index in [9.17, 15) is 0 Å². The van der Waals surface area contributed by atoms with Crippen molar-refractivity contribution in [2.75, 3.05) is 18.0 Å². The fourth-order valence-electron chi connectivity index (χ4n) is 1.75. The van der Waals surface area contributed by atoms with Crippen LogP contribution in [0.3, 0.4) is 0 Å². The van der Waals surface area contributed by atoms with Crippen LogP contribution in [0.2, 0.25) is 15.5 Å². The summed E-state index contributed by atoms with van der Waals surface area (Å²) in [6.45, 7) is 2.16. The first kappa shape index (κ1) is 15.2. The molecule has 1 aliphatic heterocycles. The number of hydrogen-bond donors (Lipinski definition) is 0. The lowest BCUT2D eigenvalue weighted by Gasteiger charge is -2.14. The van der Waals surface area contributed by atoms with Gasteiger partial charge in [-0.1, -0.05) is 34.8 Å². The maximum atomic E-state index is 5.72. The van der Waals surface area contributed by atoms with Crippen molar-refractivity contribution in [3.05, 3.63) is 40.2 Å². The first-order valence-electron chi connectivity index (χ1n) is 6.00. The molecule has 3 rings (SSSR count). The molecule has 5 nitrogen and oxygen atoms in total. The molecule has 1 fully saturated rings. The zero-order valence-corrected chi connectivity index (χ0v) is 12.8. The molecule has 2 aromatic rings. The third-order valence-electron chi connectivity index (χ3n) is 2.60. The van der Waals surface area contributed by atoms with Crippen LogP contribution in [0.25, 0.3) is 0 Å². The monoisotopic (exact) mass is 331 g/mol. The Morgan fingerprint density at radius 1 is 0.750 bits per heavy atom. The Kier molecular flexibility index (Phi) is 5.76. The number of nitrogens with zero attached hydrogens (tertiary/aromatic N) is 5. The molecule has 0 radical (unpaired) electrons. The Morgan fingerprint density at radius 2 is 1.25 bits per heavy atom. The maximum Gasteiger partial charge on any atom is 0.149 e. The van der Waals surface area contributed by atoms with Crippen LogP contribution in [-0.2, 0) is 0 Å².